The summed E-state index contributed by atoms with van der Waals surface area (Å²) in [5, 5.41) is 2.42. The lowest BCUT2D eigenvalue weighted by atomic mass is 9.95. The zero-order chi connectivity index (χ0) is 14.2. The van der Waals surface area contributed by atoms with Crippen molar-refractivity contribution in [3.63, 3.8) is 0 Å². The molecule has 1 aliphatic rings. The van der Waals surface area contributed by atoms with Gasteiger partial charge < -0.3 is 4.90 Å². The Kier molecular flexibility index (Phi) is 3.35. The number of benzene rings is 1. The van der Waals surface area contributed by atoms with E-state index in [-0.39, 0.29) is 11.9 Å². The van der Waals surface area contributed by atoms with Crippen molar-refractivity contribution in [2.24, 2.45) is 0 Å². The highest BCUT2D eigenvalue weighted by Gasteiger charge is 2.47. The molecule has 1 saturated heterocycles. The summed E-state index contributed by atoms with van der Waals surface area (Å²) >= 11 is 0. The van der Waals surface area contributed by atoms with E-state index in [2.05, 4.69) is 5.32 Å². The van der Waals surface area contributed by atoms with E-state index >= 15 is 0 Å². The quantitative estimate of drug-likeness (QED) is 0.849. The largest absolute Gasteiger partial charge is 0.325 e. The SMILES string of the molecule is CCC1(C)C(=O)NC(=O)N1Cc1c(C)cccc1C. The van der Waals surface area contributed by atoms with Crippen molar-refractivity contribution >= 4 is 11.9 Å². The first kappa shape index (κ1) is 13.6. The molecule has 1 N–H and O–H groups in total. The van der Waals surface area contributed by atoms with Crippen LogP contribution < -0.4 is 5.32 Å². The van der Waals surface area contributed by atoms with Crippen molar-refractivity contribution in [2.75, 3.05) is 0 Å². The van der Waals surface area contributed by atoms with Crippen LogP contribution in [0.15, 0.2) is 18.2 Å². The molecular weight excluding hydrogens is 240 g/mol. The summed E-state index contributed by atoms with van der Waals surface area (Å²) in [6, 6.07) is 5.77. The van der Waals surface area contributed by atoms with Crippen molar-refractivity contribution in [3.8, 4) is 0 Å². The lowest BCUT2D eigenvalue weighted by molar-refractivity contribution is -0.126. The minimum Gasteiger partial charge on any atom is -0.306 e. The van der Waals surface area contributed by atoms with Gasteiger partial charge in [-0.25, -0.2) is 4.79 Å². The van der Waals surface area contributed by atoms with Gasteiger partial charge in [0.2, 0.25) is 0 Å². The average molecular weight is 260 g/mol. The van der Waals surface area contributed by atoms with Crippen molar-refractivity contribution in [3.05, 3.63) is 34.9 Å². The van der Waals surface area contributed by atoms with Crippen LogP contribution in [-0.4, -0.2) is 22.4 Å². The molecule has 19 heavy (non-hydrogen) atoms. The number of urea groups is 1. The maximum absolute atomic E-state index is 12.0. The Morgan fingerprint density at radius 1 is 1.21 bits per heavy atom. The molecule has 2 rings (SSSR count). The number of aryl methyl sites for hydroxylation is 2. The number of imide groups is 1. The molecule has 0 aromatic heterocycles. The third kappa shape index (κ3) is 2.11. The fourth-order valence-corrected chi connectivity index (χ4v) is 2.50. The van der Waals surface area contributed by atoms with Crippen molar-refractivity contribution in [1.29, 1.82) is 0 Å². The van der Waals surface area contributed by atoms with Gasteiger partial charge in [-0.3, -0.25) is 10.1 Å². The zero-order valence-corrected chi connectivity index (χ0v) is 11.9. The van der Waals surface area contributed by atoms with Crippen LogP contribution in [0.1, 0.15) is 37.0 Å². The number of carbonyl (C=O) groups is 2. The van der Waals surface area contributed by atoms with Crippen LogP contribution in [0, 0.1) is 13.8 Å². The molecule has 1 unspecified atom stereocenters. The Morgan fingerprint density at radius 2 is 1.79 bits per heavy atom. The Morgan fingerprint density at radius 3 is 2.32 bits per heavy atom. The number of carbonyl (C=O) groups excluding carboxylic acids is 2. The fourth-order valence-electron chi connectivity index (χ4n) is 2.50. The molecule has 0 saturated carbocycles. The van der Waals surface area contributed by atoms with Gasteiger partial charge in [-0.05, 0) is 43.9 Å². The molecule has 1 atom stereocenters. The van der Waals surface area contributed by atoms with Crippen molar-refractivity contribution in [1.82, 2.24) is 10.2 Å². The van der Waals surface area contributed by atoms with E-state index in [4.69, 9.17) is 0 Å². The summed E-state index contributed by atoms with van der Waals surface area (Å²) in [7, 11) is 0. The molecule has 1 fully saturated rings. The summed E-state index contributed by atoms with van der Waals surface area (Å²) < 4.78 is 0. The van der Waals surface area contributed by atoms with E-state index in [1.807, 2.05) is 45.9 Å². The van der Waals surface area contributed by atoms with E-state index in [1.54, 1.807) is 4.90 Å². The Balaban J connectivity index is 2.37. The second kappa shape index (κ2) is 4.68. The van der Waals surface area contributed by atoms with Crippen LogP contribution in [0.25, 0.3) is 0 Å². The third-order valence-corrected chi connectivity index (χ3v) is 4.20. The standard InChI is InChI=1S/C15H20N2O2/c1-5-15(4)13(18)16-14(19)17(15)9-12-10(2)7-6-8-11(12)3/h6-8H,5,9H2,1-4H3,(H,16,18,19). The molecule has 4 heteroatoms. The van der Waals surface area contributed by atoms with E-state index in [9.17, 15) is 9.59 Å². The molecule has 1 aromatic carbocycles. The highest BCUT2D eigenvalue weighted by atomic mass is 16.2. The zero-order valence-electron chi connectivity index (χ0n) is 11.9. The number of rotatable bonds is 3. The molecule has 1 heterocycles. The predicted molar refractivity (Wildman–Crippen MR) is 73.7 cm³/mol. The minimum absolute atomic E-state index is 0.203. The third-order valence-electron chi connectivity index (χ3n) is 4.20. The lowest BCUT2D eigenvalue weighted by Gasteiger charge is -2.31. The summed E-state index contributed by atoms with van der Waals surface area (Å²) in [6.07, 6.45) is 0.607. The smallest absolute Gasteiger partial charge is 0.306 e. The van der Waals surface area contributed by atoms with E-state index in [0.717, 1.165) is 16.7 Å². The van der Waals surface area contributed by atoms with E-state index < -0.39 is 5.54 Å². The molecule has 0 aliphatic carbocycles. The molecule has 0 bridgehead atoms. The normalized spacial score (nSPS) is 22.8. The van der Waals surface area contributed by atoms with Crippen LogP contribution in [0.5, 0.6) is 0 Å². The molecular formula is C15H20N2O2. The van der Waals surface area contributed by atoms with Gasteiger partial charge in [0.25, 0.3) is 5.91 Å². The Bertz CT molecular complexity index is 519. The second-order valence-electron chi connectivity index (χ2n) is 5.34. The van der Waals surface area contributed by atoms with Gasteiger partial charge in [0.1, 0.15) is 5.54 Å². The van der Waals surface area contributed by atoms with E-state index in [0.29, 0.717) is 13.0 Å². The maximum atomic E-state index is 12.0. The van der Waals surface area contributed by atoms with E-state index in [1.165, 1.54) is 0 Å². The van der Waals surface area contributed by atoms with Gasteiger partial charge in [0, 0.05) is 6.54 Å². The highest BCUT2D eigenvalue weighted by Crippen LogP contribution is 2.28. The lowest BCUT2D eigenvalue weighted by Crippen LogP contribution is -2.46. The number of amides is 3. The van der Waals surface area contributed by atoms with Gasteiger partial charge >= 0.3 is 6.03 Å². The topological polar surface area (TPSA) is 49.4 Å². The van der Waals surface area contributed by atoms with Crippen LogP contribution in [0.2, 0.25) is 0 Å². The Hall–Kier alpha value is -1.84. The fraction of sp³-hybridized carbons (Fsp3) is 0.467. The number of hydrogen-bond acceptors (Lipinski definition) is 2. The minimum atomic E-state index is -0.744. The molecule has 0 radical (unpaired) electrons. The molecule has 1 aliphatic heterocycles. The van der Waals surface area contributed by atoms with Gasteiger partial charge in [-0.15, -0.1) is 0 Å². The van der Waals surface area contributed by atoms with Crippen LogP contribution >= 0.6 is 0 Å². The number of nitrogens with zero attached hydrogens (tertiary/aromatic N) is 1. The summed E-state index contributed by atoms with van der Waals surface area (Å²) in [5.74, 6) is -0.203. The monoisotopic (exact) mass is 260 g/mol. The number of nitrogens with one attached hydrogen (secondary N) is 1. The Labute approximate surface area is 113 Å². The first-order chi connectivity index (χ1) is 8.90. The average Bonchev–Trinajstić information content (AvgIpc) is 2.57. The molecule has 1 aromatic rings. The maximum Gasteiger partial charge on any atom is 0.325 e. The predicted octanol–water partition coefficient (Wildman–Crippen LogP) is 2.52. The molecule has 102 valence electrons. The van der Waals surface area contributed by atoms with Gasteiger partial charge in [-0.2, -0.15) is 0 Å². The summed E-state index contributed by atoms with van der Waals surface area (Å²) in [5.41, 5.74) is 2.66. The molecule has 3 amide bonds. The first-order valence-electron chi connectivity index (χ1n) is 6.58. The molecule has 4 nitrogen and oxygen atoms in total. The van der Waals surface area contributed by atoms with Gasteiger partial charge in [0.15, 0.2) is 0 Å². The second-order valence-corrected chi connectivity index (χ2v) is 5.34. The van der Waals surface area contributed by atoms with Crippen molar-refractivity contribution < 1.29 is 9.59 Å². The van der Waals surface area contributed by atoms with Crippen LogP contribution in [0.3, 0.4) is 0 Å². The molecule has 0 spiro atoms. The highest BCUT2D eigenvalue weighted by molar-refractivity contribution is 6.06. The van der Waals surface area contributed by atoms with Gasteiger partial charge in [-0.1, -0.05) is 25.1 Å². The number of hydrogen-bond donors (Lipinski definition) is 1. The van der Waals surface area contributed by atoms with Crippen LogP contribution in [-0.2, 0) is 11.3 Å². The van der Waals surface area contributed by atoms with Crippen molar-refractivity contribution in [2.45, 2.75) is 46.2 Å². The summed E-state index contributed by atoms with van der Waals surface area (Å²) in [4.78, 5) is 25.6. The first-order valence-corrected chi connectivity index (χ1v) is 6.58. The van der Waals surface area contributed by atoms with Crippen LogP contribution in [0.4, 0.5) is 4.79 Å². The van der Waals surface area contributed by atoms with Gasteiger partial charge in [0.05, 0.1) is 0 Å². The summed E-state index contributed by atoms with van der Waals surface area (Å²) in [6.45, 7) is 8.28.